The fraction of sp³-hybridized carbons (Fsp3) is 0.346. The fourth-order valence-corrected chi connectivity index (χ4v) is 3.86. The Hall–Kier alpha value is -3.53. The zero-order valence-corrected chi connectivity index (χ0v) is 19.8. The maximum absolute atomic E-state index is 11.5. The van der Waals surface area contributed by atoms with Crippen LogP contribution in [0.2, 0.25) is 0 Å². The zero-order chi connectivity index (χ0) is 25.6. The van der Waals surface area contributed by atoms with Crippen LogP contribution in [0.4, 0.5) is 5.69 Å². The molecule has 0 saturated carbocycles. The van der Waals surface area contributed by atoms with Crippen LogP contribution in [0.15, 0.2) is 60.7 Å². The van der Waals surface area contributed by atoms with Crippen molar-refractivity contribution in [2.45, 2.75) is 44.4 Å². The van der Waals surface area contributed by atoms with Gasteiger partial charge in [0.05, 0.1) is 4.92 Å². The quantitative estimate of drug-likeness (QED) is 0.228. The summed E-state index contributed by atoms with van der Waals surface area (Å²) >= 11 is 0. The summed E-state index contributed by atoms with van der Waals surface area (Å²) in [6, 6.07) is 17.5. The monoisotopic (exact) mass is 481 g/mol. The molecule has 0 radical (unpaired) electrons. The summed E-state index contributed by atoms with van der Waals surface area (Å²) in [7, 11) is 0. The first-order chi connectivity index (χ1) is 16.5. The number of nitro benzene ring substituents is 1. The van der Waals surface area contributed by atoms with Crippen molar-refractivity contribution in [2.24, 2.45) is 5.73 Å². The number of nitro groups is 1. The highest BCUT2D eigenvalue weighted by Gasteiger charge is 2.22. The van der Waals surface area contributed by atoms with Crippen molar-refractivity contribution in [3.05, 3.63) is 81.9 Å². The first-order valence-electron chi connectivity index (χ1n) is 11.3. The molecule has 5 N–H and O–H groups in total. The molecular formula is C26H31N3O6. The number of carboxylic acids is 1. The number of carbonyl (C=O) groups is 1. The highest BCUT2D eigenvalue weighted by Crippen LogP contribution is 2.28. The van der Waals surface area contributed by atoms with E-state index in [0.717, 1.165) is 6.42 Å². The van der Waals surface area contributed by atoms with Gasteiger partial charge >= 0.3 is 11.7 Å². The maximum atomic E-state index is 11.5. The number of nitrogens with two attached hydrogens (primary N) is 1. The minimum absolute atomic E-state index is 0.00267. The predicted octanol–water partition coefficient (Wildman–Crippen LogP) is 3.05. The van der Waals surface area contributed by atoms with E-state index in [1.165, 1.54) is 34.5 Å². The maximum Gasteiger partial charge on any atom is 0.320 e. The van der Waals surface area contributed by atoms with Crippen LogP contribution >= 0.6 is 0 Å². The van der Waals surface area contributed by atoms with Gasteiger partial charge in [-0.1, -0.05) is 48.5 Å². The summed E-state index contributed by atoms with van der Waals surface area (Å²) in [5.41, 5.74) is 6.48. The average molecular weight is 482 g/mol. The summed E-state index contributed by atoms with van der Waals surface area (Å²) in [6.45, 7) is 4.18. The SMILES string of the molecule is CC(C)(Cc1ccc2ccccc2c1)NCC(O)COc1ccc(CC(N)C(=O)O)cc1[N+](=O)[O-]. The van der Waals surface area contributed by atoms with Gasteiger partial charge in [0.15, 0.2) is 5.75 Å². The molecular weight excluding hydrogens is 450 g/mol. The van der Waals surface area contributed by atoms with Crippen LogP contribution < -0.4 is 15.8 Å². The molecule has 0 spiro atoms. The van der Waals surface area contributed by atoms with E-state index in [4.69, 9.17) is 15.6 Å². The van der Waals surface area contributed by atoms with Crippen LogP contribution in [-0.4, -0.2) is 51.9 Å². The molecule has 0 aromatic heterocycles. The number of nitrogens with zero attached hydrogens (tertiary/aromatic N) is 1. The number of aliphatic hydroxyl groups excluding tert-OH is 1. The van der Waals surface area contributed by atoms with Crippen molar-refractivity contribution in [3.63, 3.8) is 0 Å². The van der Waals surface area contributed by atoms with Crippen LogP contribution in [-0.2, 0) is 17.6 Å². The summed E-state index contributed by atoms with van der Waals surface area (Å²) in [5, 5.41) is 36.5. The fourth-order valence-electron chi connectivity index (χ4n) is 3.86. The van der Waals surface area contributed by atoms with Crippen molar-refractivity contribution in [1.29, 1.82) is 0 Å². The number of aliphatic carboxylic acids is 1. The first kappa shape index (κ1) is 26.1. The standard InChI is InChI=1S/C26H31N3O6/c1-26(2,14-18-7-9-19-5-3-4-6-20(19)11-18)28-15-21(30)16-35-24-10-8-17(12-22(27)25(31)32)13-23(24)29(33)34/h3-11,13,21-22,28,30H,12,14-16,27H2,1-2H3,(H,31,32). The highest BCUT2D eigenvalue weighted by molar-refractivity contribution is 5.83. The highest BCUT2D eigenvalue weighted by atomic mass is 16.6. The molecule has 3 rings (SSSR count). The number of β-amino-alcohol motifs (C(OH)–C–C–N with tert-alkyl or cyclic N) is 1. The van der Waals surface area contributed by atoms with Crippen LogP contribution in [0, 0.1) is 10.1 Å². The predicted molar refractivity (Wildman–Crippen MR) is 134 cm³/mol. The zero-order valence-electron chi connectivity index (χ0n) is 19.8. The molecule has 9 nitrogen and oxygen atoms in total. The van der Waals surface area contributed by atoms with Crippen molar-refractivity contribution < 1.29 is 24.7 Å². The smallest absolute Gasteiger partial charge is 0.320 e. The molecule has 9 heteroatoms. The number of carboxylic acid groups (broad SMARTS) is 1. The number of rotatable bonds is 12. The van der Waals surface area contributed by atoms with Gasteiger partial charge in [-0.3, -0.25) is 14.9 Å². The Morgan fingerprint density at radius 2 is 1.80 bits per heavy atom. The van der Waals surface area contributed by atoms with Crippen LogP contribution in [0.1, 0.15) is 25.0 Å². The minimum Gasteiger partial charge on any atom is -0.484 e. The molecule has 3 aromatic rings. The second kappa shape index (κ2) is 11.3. The molecule has 186 valence electrons. The van der Waals surface area contributed by atoms with Crippen LogP contribution in [0.5, 0.6) is 5.75 Å². The number of ether oxygens (including phenoxy) is 1. The lowest BCUT2D eigenvalue weighted by Crippen LogP contribution is -2.46. The number of benzene rings is 3. The largest absolute Gasteiger partial charge is 0.484 e. The summed E-state index contributed by atoms with van der Waals surface area (Å²) in [5.74, 6) is -1.19. The van der Waals surface area contributed by atoms with Gasteiger partial charge in [0.1, 0.15) is 18.8 Å². The Morgan fingerprint density at radius 1 is 1.11 bits per heavy atom. The van der Waals surface area contributed by atoms with Gasteiger partial charge in [-0.25, -0.2) is 0 Å². The van der Waals surface area contributed by atoms with Crippen molar-refractivity contribution in [2.75, 3.05) is 13.2 Å². The molecule has 3 aromatic carbocycles. The van der Waals surface area contributed by atoms with E-state index >= 15 is 0 Å². The topological polar surface area (TPSA) is 148 Å². The molecule has 0 aliphatic heterocycles. The van der Waals surface area contributed by atoms with Gasteiger partial charge in [0.25, 0.3) is 0 Å². The molecule has 0 amide bonds. The third-order valence-corrected chi connectivity index (χ3v) is 5.70. The van der Waals surface area contributed by atoms with Gasteiger partial charge in [-0.2, -0.15) is 0 Å². The number of hydrogen-bond donors (Lipinski definition) is 4. The van der Waals surface area contributed by atoms with Crippen molar-refractivity contribution in [1.82, 2.24) is 5.32 Å². The second-order valence-corrected chi connectivity index (χ2v) is 9.30. The molecule has 2 unspecified atom stereocenters. The number of hydrogen-bond acceptors (Lipinski definition) is 7. The number of fused-ring (bicyclic) bond motifs is 1. The van der Waals surface area contributed by atoms with Gasteiger partial charge in [0, 0.05) is 18.2 Å². The molecule has 0 bridgehead atoms. The second-order valence-electron chi connectivity index (χ2n) is 9.30. The van der Waals surface area contributed by atoms with Crippen LogP contribution in [0.25, 0.3) is 10.8 Å². The molecule has 0 heterocycles. The summed E-state index contributed by atoms with van der Waals surface area (Å²) in [6.07, 6.45) is -0.197. The minimum atomic E-state index is -1.19. The van der Waals surface area contributed by atoms with Gasteiger partial charge < -0.3 is 26.0 Å². The first-order valence-corrected chi connectivity index (χ1v) is 11.3. The van der Waals surface area contributed by atoms with E-state index in [1.54, 1.807) is 0 Å². The van der Waals surface area contributed by atoms with E-state index in [-0.39, 0.29) is 36.5 Å². The molecule has 0 saturated heterocycles. The van der Waals surface area contributed by atoms with Gasteiger partial charge in [0.2, 0.25) is 0 Å². The number of nitrogens with one attached hydrogen (secondary N) is 1. The normalized spacial score (nSPS) is 13.4. The lowest BCUT2D eigenvalue weighted by atomic mass is 9.93. The van der Waals surface area contributed by atoms with E-state index in [1.807, 2.05) is 26.0 Å². The number of aliphatic hydroxyl groups is 1. The summed E-state index contributed by atoms with van der Waals surface area (Å²) < 4.78 is 5.52. The lowest BCUT2D eigenvalue weighted by molar-refractivity contribution is -0.386. The molecule has 0 aliphatic carbocycles. The Morgan fingerprint density at radius 3 is 2.49 bits per heavy atom. The summed E-state index contributed by atoms with van der Waals surface area (Å²) in [4.78, 5) is 21.8. The lowest BCUT2D eigenvalue weighted by Gasteiger charge is -2.28. The van der Waals surface area contributed by atoms with E-state index in [9.17, 15) is 20.0 Å². The molecule has 2 atom stereocenters. The molecule has 0 fully saturated rings. The van der Waals surface area contributed by atoms with E-state index < -0.39 is 23.0 Å². The van der Waals surface area contributed by atoms with E-state index in [2.05, 4.69) is 35.6 Å². The Kier molecular flexibility index (Phi) is 8.39. The van der Waals surface area contributed by atoms with Gasteiger partial charge in [-0.05, 0) is 54.7 Å². The van der Waals surface area contributed by atoms with Crippen LogP contribution in [0.3, 0.4) is 0 Å². The molecule has 35 heavy (non-hydrogen) atoms. The third kappa shape index (κ3) is 7.48. The van der Waals surface area contributed by atoms with Gasteiger partial charge in [-0.15, -0.1) is 0 Å². The Labute approximate surface area is 203 Å². The Bertz CT molecular complexity index is 1200. The Balaban J connectivity index is 1.55. The van der Waals surface area contributed by atoms with Crippen molar-refractivity contribution in [3.8, 4) is 5.75 Å². The van der Waals surface area contributed by atoms with Crippen molar-refractivity contribution >= 4 is 22.4 Å². The average Bonchev–Trinajstić information content (AvgIpc) is 2.81. The molecule has 0 aliphatic rings. The van der Waals surface area contributed by atoms with E-state index in [0.29, 0.717) is 5.56 Å². The third-order valence-electron chi connectivity index (χ3n) is 5.70.